The van der Waals surface area contributed by atoms with Crippen molar-refractivity contribution < 1.29 is 8.78 Å². The fraction of sp³-hybridized carbons (Fsp3) is 0.200. The summed E-state index contributed by atoms with van der Waals surface area (Å²) in [5.41, 5.74) is 1.57. The van der Waals surface area contributed by atoms with E-state index >= 15 is 0 Å². The summed E-state index contributed by atoms with van der Waals surface area (Å²) in [6.45, 7) is 2.35. The second-order valence-electron chi connectivity index (χ2n) is 4.52. The maximum Gasteiger partial charge on any atom is 0.159 e. The maximum absolute atomic E-state index is 13.1. The number of nitrogens with one attached hydrogen (secondary N) is 1. The minimum absolute atomic E-state index is 0.0344. The van der Waals surface area contributed by atoms with Gasteiger partial charge in [0.25, 0.3) is 0 Å². The molecule has 5 heteroatoms. The summed E-state index contributed by atoms with van der Waals surface area (Å²) in [6.07, 6.45) is 0. The lowest BCUT2D eigenvalue weighted by Gasteiger charge is -2.16. The Bertz CT molecular complexity index is 617. The van der Waals surface area contributed by atoms with E-state index in [-0.39, 0.29) is 6.04 Å². The SMILES string of the molecule is CC(NCc1ccc(F)c(F)c1)c1ccc(Cl)cc1Cl. The zero-order valence-electron chi connectivity index (χ0n) is 10.8. The molecule has 2 aromatic rings. The number of halogens is 4. The van der Waals surface area contributed by atoms with Gasteiger partial charge in [0.1, 0.15) is 0 Å². The van der Waals surface area contributed by atoms with Gasteiger partial charge in [-0.15, -0.1) is 0 Å². The first-order valence-corrected chi connectivity index (χ1v) is 6.85. The van der Waals surface area contributed by atoms with E-state index in [0.717, 1.165) is 11.6 Å². The predicted molar refractivity (Wildman–Crippen MR) is 78.1 cm³/mol. The highest BCUT2D eigenvalue weighted by Gasteiger charge is 2.10. The van der Waals surface area contributed by atoms with Crippen molar-refractivity contribution in [2.24, 2.45) is 0 Å². The molecule has 0 spiro atoms. The van der Waals surface area contributed by atoms with E-state index in [1.807, 2.05) is 13.0 Å². The lowest BCUT2D eigenvalue weighted by molar-refractivity contribution is 0.504. The molecule has 0 fully saturated rings. The maximum atomic E-state index is 13.1. The van der Waals surface area contributed by atoms with Gasteiger partial charge in [-0.25, -0.2) is 8.78 Å². The molecule has 0 aliphatic carbocycles. The molecule has 0 amide bonds. The molecular formula is C15H13Cl2F2N. The van der Waals surface area contributed by atoms with Crippen molar-refractivity contribution in [3.05, 3.63) is 69.2 Å². The van der Waals surface area contributed by atoms with Crippen LogP contribution in [0.15, 0.2) is 36.4 Å². The Balaban J connectivity index is 2.04. The lowest BCUT2D eigenvalue weighted by atomic mass is 10.1. The molecule has 0 aliphatic heterocycles. The third-order valence-corrected chi connectivity index (χ3v) is 3.59. The average Bonchev–Trinajstić information content (AvgIpc) is 2.40. The van der Waals surface area contributed by atoms with E-state index in [0.29, 0.717) is 22.2 Å². The number of rotatable bonds is 4. The largest absolute Gasteiger partial charge is 0.306 e. The smallest absolute Gasteiger partial charge is 0.159 e. The van der Waals surface area contributed by atoms with Crippen molar-refractivity contribution in [1.29, 1.82) is 0 Å². The molecule has 1 N–H and O–H groups in total. The highest BCUT2D eigenvalue weighted by Crippen LogP contribution is 2.26. The molecule has 20 heavy (non-hydrogen) atoms. The molecule has 2 aromatic carbocycles. The molecule has 0 radical (unpaired) electrons. The summed E-state index contributed by atoms with van der Waals surface area (Å²) < 4.78 is 25.9. The van der Waals surface area contributed by atoms with Gasteiger partial charge in [-0.05, 0) is 42.3 Å². The molecule has 106 valence electrons. The monoisotopic (exact) mass is 315 g/mol. The first-order valence-electron chi connectivity index (χ1n) is 6.09. The van der Waals surface area contributed by atoms with Gasteiger partial charge in [0, 0.05) is 22.6 Å². The van der Waals surface area contributed by atoms with Crippen LogP contribution in [0.25, 0.3) is 0 Å². The second-order valence-corrected chi connectivity index (χ2v) is 5.36. The topological polar surface area (TPSA) is 12.0 Å². The van der Waals surface area contributed by atoms with Crippen LogP contribution in [0.3, 0.4) is 0 Å². The molecule has 0 aliphatic rings. The molecule has 0 saturated carbocycles. The van der Waals surface area contributed by atoms with Crippen LogP contribution in [0.5, 0.6) is 0 Å². The average molecular weight is 316 g/mol. The van der Waals surface area contributed by atoms with Crippen molar-refractivity contribution in [2.45, 2.75) is 19.5 Å². The zero-order valence-corrected chi connectivity index (χ0v) is 12.3. The molecule has 2 rings (SSSR count). The molecule has 0 saturated heterocycles. The zero-order chi connectivity index (χ0) is 14.7. The fourth-order valence-electron chi connectivity index (χ4n) is 1.88. The quantitative estimate of drug-likeness (QED) is 0.825. The lowest BCUT2D eigenvalue weighted by Crippen LogP contribution is -2.18. The van der Waals surface area contributed by atoms with Crippen LogP contribution in [0, 0.1) is 11.6 Å². The van der Waals surface area contributed by atoms with Crippen molar-refractivity contribution >= 4 is 23.2 Å². The highest BCUT2D eigenvalue weighted by atomic mass is 35.5. The van der Waals surface area contributed by atoms with Crippen LogP contribution in [0.4, 0.5) is 8.78 Å². The van der Waals surface area contributed by atoms with E-state index in [1.54, 1.807) is 18.2 Å². The Labute approximate surface area is 126 Å². The molecule has 0 bridgehead atoms. The van der Waals surface area contributed by atoms with Gasteiger partial charge in [-0.2, -0.15) is 0 Å². The van der Waals surface area contributed by atoms with E-state index < -0.39 is 11.6 Å². The third-order valence-electron chi connectivity index (χ3n) is 3.03. The van der Waals surface area contributed by atoms with Crippen LogP contribution < -0.4 is 5.32 Å². The normalized spacial score (nSPS) is 12.4. The highest BCUT2D eigenvalue weighted by molar-refractivity contribution is 6.35. The van der Waals surface area contributed by atoms with Gasteiger partial charge < -0.3 is 5.32 Å². The van der Waals surface area contributed by atoms with Gasteiger partial charge in [0.2, 0.25) is 0 Å². The van der Waals surface area contributed by atoms with Gasteiger partial charge in [0.15, 0.2) is 11.6 Å². The second kappa shape index (κ2) is 6.53. The number of hydrogen-bond acceptors (Lipinski definition) is 1. The summed E-state index contributed by atoms with van der Waals surface area (Å²) in [5.74, 6) is -1.69. The Hall–Kier alpha value is -1.16. The van der Waals surface area contributed by atoms with Crippen molar-refractivity contribution in [1.82, 2.24) is 5.32 Å². The summed E-state index contributed by atoms with van der Waals surface area (Å²) in [5, 5.41) is 4.35. The number of benzene rings is 2. The summed E-state index contributed by atoms with van der Waals surface area (Å²) in [7, 11) is 0. The minimum Gasteiger partial charge on any atom is -0.306 e. The van der Waals surface area contributed by atoms with Crippen LogP contribution in [-0.4, -0.2) is 0 Å². The minimum atomic E-state index is -0.846. The standard InChI is InChI=1S/C15H13Cl2F2N/c1-9(12-4-3-11(16)7-13(12)17)20-8-10-2-5-14(18)15(19)6-10/h2-7,9,20H,8H2,1H3. The van der Waals surface area contributed by atoms with Crippen LogP contribution in [0.1, 0.15) is 24.1 Å². The number of hydrogen-bond donors (Lipinski definition) is 1. The summed E-state index contributed by atoms with van der Waals surface area (Å²) >= 11 is 12.0. The van der Waals surface area contributed by atoms with Crippen LogP contribution in [0.2, 0.25) is 10.0 Å². The molecule has 0 heterocycles. The van der Waals surface area contributed by atoms with Crippen molar-refractivity contribution in [3.63, 3.8) is 0 Å². The van der Waals surface area contributed by atoms with Gasteiger partial charge in [0.05, 0.1) is 0 Å². The fourth-order valence-corrected chi connectivity index (χ4v) is 2.46. The Morgan fingerprint density at radius 1 is 1.05 bits per heavy atom. The van der Waals surface area contributed by atoms with Crippen molar-refractivity contribution in [3.8, 4) is 0 Å². The van der Waals surface area contributed by atoms with E-state index in [9.17, 15) is 8.78 Å². The van der Waals surface area contributed by atoms with Gasteiger partial charge >= 0.3 is 0 Å². The Morgan fingerprint density at radius 2 is 1.80 bits per heavy atom. The first kappa shape index (κ1) is 15.2. The first-order chi connectivity index (χ1) is 9.47. The van der Waals surface area contributed by atoms with Crippen molar-refractivity contribution in [2.75, 3.05) is 0 Å². The summed E-state index contributed by atoms with van der Waals surface area (Å²) in [6, 6.07) is 9.08. The van der Waals surface area contributed by atoms with Crippen LogP contribution >= 0.6 is 23.2 Å². The van der Waals surface area contributed by atoms with Gasteiger partial charge in [-0.1, -0.05) is 35.3 Å². The van der Waals surface area contributed by atoms with E-state index in [4.69, 9.17) is 23.2 Å². The van der Waals surface area contributed by atoms with E-state index in [1.165, 1.54) is 6.07 Å². The Morgan fingerprint density at radius 3 is 2.45 bits per heavy atom. The van der Waals surface area contributed by atoms with Gasteiger partial charge in [-0.3, -0.25) is 0 Å². The van der Waals surface area contributed by atoms with E-state index in [2.05, 4.69) is 5.32 Å². The molecule has 1 atom stereocenters. The Kier molecular flexibility index (Phi) is 4.97. The van der Waals surface area contributed by atoms with Crippen LogP contribution in [-0.2, 0) is 6.54 Å². The predicted octanol–water partition coefficient (Wildman–Crippen LogP) is 5.12. The molecule has 1 nitrogen and oxygen atoms in total. The molecular weight excluding hydrogens is 303 g/mol. The molecule has 0 aromatic heterocycles. The molecule has 1 unspecified atom stereocenters. The third kappa shape index (κ3) is 3.69. The summed E-state index contributed by atoms with van der Waals surface area (Å²) in [4.78, 5) is 0.